The van der Waals surface area contributed by atoms with E-state index in [1.807, 2.05) is 62.3 Å². The van der Waals surface area contributed by atoms with Gasteiger partial charge in [-0.15, -0.1) is 0 Å². The summed E-state index contributed by atoms with van der Waals surface area (Å²) in [6, 6.07) is 19.3. The number of carboxylic acids is 1. The third-order valence-electron chi connectivity index (χ3n) is 20.1. The van der Waals surface area contributed by atoms with Crippen molar-refractivity contribution in [2.75, 3.05) is 92.4 Å². The molecule has 2 unspecified atom stereocenters. The summed E-state index contributed by atoms with van der Waals surface area (Å²) in [6.07, 6.45) is 22.5. The first-order chi connectivity index (χ1) is 55.3. The van der Waals surface area contributed by atoms with Gasteiger partial charge in [-0.1, -0.05) is 63.5 Å². The average Bonchev–Trinajstić information content (AvgIpc) is 1.62. The summed E-state index contributed by atoms with van der Waals surface area (Å²) < 4.78 is 26.1. The maximum absolute atomic E-state index is 13.3. The van der Waals surface area contributed by atoms with E-state index in [1.165, 1.54) is 15.6 Å². The molecule has 608 valence electrons. The number of nitrogens with two attached hydrogens (primary N) is 1. The lowest BCUT2D eigenvalue weighted by atomic mass is 9.99. The van der Waals surface area contributed by atoms with Crippen LogP contribution in [0.15, 0.2) is 120 Å². The molecule has 31 heteroatoms. The van der Waals surface area contributed by atoms with E-state index in [2.05, 4.69) is 36.6 Å². The van der Waals surface area contributed by atoms with Crippen molar-refractivity contribution in [3.05, 3.63) is 164 Å². The van der Waals surface area contributed by atoms with Crippen LogP contribution in [0.25, 0.3) is 43.8 Å². The second-order valence-electron chi connectivity index (χ2n) is 29.1. The summed E-state index contributed by atoms with van der Waals surface area (Å²) in [4.78, 5) is 163. The lowest BCUT2D eigenvalue weighted by Gasteiger charge is -2.27. The number of nitrogens with zero attached hydrogens (tertiary/aromatic N) is 8. The Morgan fingerprint density at radius 2 is 0.913 bits per heavy atom. The van der Waals surface area contributed by atoms with E-state index in [-0.39, 0.29) is 66.3 Å². The SMILES string of the molecule is COc1cc(-c2cn(C)c(=O)c3cnccc23)cc(OCC(=O)NCCCCCCCCNc2cccc3c2C(=O)N(C2CCC(=O)NC2=O)C3=O)c1CN(C)C.COc1cc(-c2cn(C)c(=O)c3cnccc23)cc(OCC(=O)O)c1CN(C)C.NCCCCCCCCNc1cccc2c1C(=O)N(C1CCC(=O)NC1=O)C2=O. The first kappa shape index (κ1) is 85.2. The summed E-state index contributed by atoms with van der Waals surface area (Å²) in [5, 5.41) is 25.5. The molecule has 12 rings (SSSR count). The van der Waals surface area contributed by atoms with Crippen LogP contribution in [0.4, 0.5) is 11.4 Å². The topological polar surface area (TPSA) is 397 Å². The van der Waals surface area contributed by atoms with E-state index in [1.54, 1.807) is 114 Å². The Bertz CT molecular complexity index is 5110. The molecule has 0 bridgehead atoms. The van der Waals surface area contributed by atoms with Crippen LogP contribution in [-0.2, 0) is 56.0 Å². The minimum absolute atomic E-state index is 0.0715. The quantitative estimate of drug-likeness (QED) is 0.0146. The number of unbranched alkanes of at least 4 members (excludes halogenated alkanes) is 10. The van der Waals surface area contributed by atoms with Crippen molar-refractivity contribution in [3.8, 4) is 45.3 Å². The van der Waals surface area contributed by atoms with Crippen LogP contribution in [-0.4, -0.2) is 197 Å². The molecule has 0 saturated carbocycles. The van der Waals surface area contributed by atoms with Gasteiger partial charge >= 0.3 is 5.97 Å². The number of hydrogen-bond acceptors (Lipinski definition) is 23. The molecule has 0 radical (unpaired) electrons. The molecule has 2 fully saturated rings. The first-order valence-electron chi connectivity index (χ1n) is 38.5. The van der Waals surface area contributed by atoms with Crippen LogP contribution in [0.3, 0.4) is 0 Å². The smallest absolute Gasteiger partial charge is 0.341 e. The second kappa shape index (κ2) is 40.0. The number of fused-ring (bicyclic) bond motifs is 4. The number of hydrogen-bond donors (Lipinski definition) is 7. The van der Waals surface area contributed by atoms with Crippen LogP contribution in [0, 0.1) is 0 Å². The minimum atomic E-state index is -1.07. The summed E-state index contributed by atoms with van der Waals surface area (Å²) in [7, 11) is 14.2. The zero-order valence-electron chi connectivity index (χ0n) is 66.2. The Hall–Kier alpha value is -12.2. The number of pyridine rings is 4. The van der Waals surface area contributed by atoms with Gasteiger partial charge in [-0.2, -0.15) is 0 Å². The second-order valence-corrected chi connectivity index (χ2v) is 29.1. The van der Waals surface area contributed by atoms with Crippen molar-refractivity contribution in [1.82, 2.24) is 54.7 Å². The molecular formula is C84H100N14O17. The standard InChI is InChI=1S/C42H49N7O8.C21H28N4O4.C21H23N3O5/c1-47(2)23-31-34(56-4)20-26(30-24-48(3)40(53)29-22-43-19-16-27(29)30)21-35(31)57-25-37(51)45-18-10-8-6-5-7-9-17-44-32-13-11-12-28-38(32)42(55)49(41(28)54)33-14-15-36(50)46-39(33)52;22-12-5-3-1-2-4-6-13-23-15-9-7-8-14-18(15)21(29)25(20(14)28)16-10-11-17(26)24-19(16)27;1-23(2)10-17-18(28-4)7-13(8-19(17)29-12-20(25)26)16-11-24(3)21(27)15-9-22-6-5-14(15)16/h11-13,16,19-22,24,33,44H,5-10,14-15,17-18,23,25H2,1-4H3,(H,45,51)(H,46,50,52);7-9,16,23H,1-6,10-13,22H2,(H,24,26,27);5-9,11H,10,12H2,1-4H3,(H,25,26). The number of carboxylic acid groups (broad SMARTS) is 1. The normalized spacial score (nSPS) is 15.1. The van der Waals surface area contributed by atoms with Crippen molar-refractivity contribution in [2.45, 2.75) is 128 Å². The van der Waals surface area contributed by atoms with Crippen LogP contribution >= 0.6 is 0 Å². The molecular weight excluding hydrogens is 1480 g/mol. The number of nitrogens with one attached hydrogen (secondary N) is 5. The molecule has 0 spiro atoms. The van der Waals surface area contributed by atoms with Crippen molar-refractivity contribution in [3.63, 3.8) is 0 Å². The highest BCUT2D eigenvalue weighted by Gasteiger charge is 2.47. The fraction of sp³-hybridized carbons (Fsp3) is 0.405. The van der Waals surface area contributed by atoms with E-state index in [4.69, 9.17) is 29.8 Å². The van der Waals surface area contributed by atoms with E-state index in [9.17, 15) is 57.5 Å². The number of benzene rings is 4. The molecule has 4 aliphatic heterocycles. The highest BCUT2D eigenvalue weighted by molar-refractivity contribution is 6.26. The van der Waals surface area contributed by atoms with Crippen LogP contribution in [0.1, 0.15) is 155 Å². The molecule has 31 nitrogen and oxygen atoms in total. The number of carbonyl (C=O) groups is 10. The van der Waals surface area contributed by atoms with Gasteiger partial charge in [0.25, 0.3) is 40.7 Å². The van der Waals surface area contributed by atoms with Gasteiger partial charge in [-0.05, 0) is 156 Å². The summed E-state index contributed by atoms with van der Waals surface area (Å²) >= 11 is 0. The van der Waals surface area contributed by atoms with Gasteiger partial charge in [0.05, 0.1) is 58.4 Å². The van der Waals surface area contributed by atoms with Gasteiger partial charge in [0.2, 0.25) is 23.6 Å². The Morgan fingerprint density at radius 1 is 0.513 bits per heavy atom. The molecule has 8 aromatic rings. The number of methoxy groups -OCH3 is 2. The number of aromatic nitrogens is 4. The Morgan fingerprint density at radius 3 is 1.31 bits per heavy atom. The molecule has 115 heavy (non-hydrogen) atoms. The van der Waals surface area contributed by atoms with Crippen LogP contribution in [0.5, 0.6) is 23.0 Å². The molecule has 9 amide bonds. The largest absolute Gasteiger partial charge is 0.496 e. The highest BCUT2D eigenvalue weighted by Crippen LogP contribution is 2.41. The van der Waals surface area contributed by atoms with Gasteiger partial charge in [0, 0.05) is 119 Å². The summed E-state index contributed by atoms with van der Waals surface area (Å²) in [5.41, 5.74) is 12.2. The molecule has 2 atom stereocenters. The fourth-order valence-corrected chi connectivity index (χ4v) is 14.5. The van der Waals surface area contributed by atoms with Crippen molar-refractivity contribution in [1.29, 1.82) is 0 Å². The molecule has 8 heterocycles. The number of amides is 9. The zero-order valence-corrected chi connectivity index (χ0v) is 66.2. The maximum Gasteiger partial charge on any atom is 0.341 e. The third-order valence-corrected chi connectivity index (χ3v) is 20.1. The Labute approximate surface area is 665 Å². The number of rotatable bonds is 35. The third kappa shape index (κ3) is 20.8. The lowest BCUT2D eigenvalue weighted by Crippen LogP contribution is -2.54. The van der Waals surface area contributed by atoms with Gasteiger partial charge in [0.15, 0.2) is 13.2 Å². The molecule has 2 saturated heterocycles. The molecule has 4 aromatic carbocycles. The number of anilines is 2. The lowest BCUT2D eigenvalue weighted by molar-refractivity contribution is -0.139. The van der Waals surface area contributed by atoms with Gasteiger partial charge < -0.3 is 64.7 Å². The monoisotopic (exact) mass is 1580 g/mol. The number of imide groups is 4. The van der Waals surface area contributed by atoms with Crippen LogP contribution in [0.2, 0.25) is 0 Å². The fourth-order valence-electron chi connectivity index (χ4n) is 14.5. The number of piperidine rings is 2. The summed E-state index contributed by atoms with van der Waals surface area (Å²) in [6.45, 7) is 2.97. The van der Waals surface area contributed by atoms with E-state index >= 15 is 0 Å². The minimum Gasteiger partial charge on any atom is -0.496 e. The Balaban J connectivity index is 0.000000202. The molecule has 0 aliphatic carbocycles. The average molecular weight is 1580 g/mol. The van der Waals surface area contributed by atoms with Gasteiger partial charge in [-0.3, -0.25) is 83.1 Å². The Kier molecular flexibility index (Phi) is 29.6. The highest BCUT2D eigenvalue weighted by atomic mass is 16.5. The van der Waals surface area contributed by atoms with Gasteiger partial charge in [-0.25, -0.2) is 4.79 Å². The molecule has 4 aromatic heterocycles. The van der Waals surface area contributed by atoms with E-state index in [0.29, 0.717) is 89.0 Å². The van der Waals surface area contributed by atoms with Crippen LogP contribution < -0.4 is 62.4 Å². The predicted molar refractivity (Wildman–Crippen MR) is 432 cm³/mol. The zero-order chi connectivity index (χ0) is 82.6. The van der Waals surface area contributed by atoms with E-state index < -0.39 is 66.0 Å². The number of carbonyl (C=O) groups excluding carboxylic acids is 9. The number of ether oxygens (including phenoxy) is 4. The predicted octanol–water partition coefficient (Wildman–Crippen LogP) is 7.95. The van der Waals surface area contributed by atoms with E-state index in [0.717, 1.165) is 131 Å². The van der Waals surface area contributed by atoms with Crippen molar-refractivity contribution >= 4 is 92.1 Å². The molecule has 4 aliphatic rings. The first-order valence-corrected chi connectivity index (χ1v) is 38.5. The maximum atomic E-state index is 13.3. The number of aliphatic carboxylic acids is 1. The van der Waals surface area contributed by atoms with Crippen molar-refractivity contribution < 1.29 is 72.0 Å². The molecule has 8 N–H and O–H groups in total. The van der Waals surface area contributed by atoms with Gasteiger partial charge in [0.1, 0.15) is 35.1 Å². The number of aryl methyl sites for hydroxylation is 2. The van der Waals surface area contributed by atoms with Crippen molar-refractivity contribution in [2.24, 2.45) is 19.8 Å². The summed E-state index contributed by atoms with van der Waals surface area (Å²) in [5.74, 6) is -3.21.